The zero-order valence-corrected chi connectivity index (χ0v) is 19.6. The first kappa shape index (κ1) is 22.2. The molecule has 6 nitrogen and oxygen atoms in total. The summed E-state index contributed by atoms with van der Waals surface area (Å²) in [6, 6.07) is 17.4. The van der Waals surface area contributed by atoms with Crippen LogP contribution in [0.2, 0.25) is 0 Å². The van der Waals surface area contributed by atoms with Gasteiger partial charge in [-0.15, -0.1) is 11.3 Å². The molecule has 3 aromatic rings. The smallest absolute Gasteiger partial charge is 0.266 e. The molecular weight excluding hydrogens is 462 g/mol. The van der Waals surface area contributed by atoms with Crippen molar-refractivity contribution < 1.29 is 14.3 Å². The Bertz CT molecular complexity index is 1170. The minimum Gasteiger partial charge on any atom is -0.497 e. The van der Waals surface area contributed by atoms with Crippen molar-refractivity contribution in [2.75, 3.05) is 19.0 Å². The van der Waals surface area contributed by atoms with Gasteiger partial charge in [0.25, 0.3) is 5.91 Å². The van der Waals surface area contributed by atoms with Crippen LogP contribution in [-0.4, -0.2) is 39.7 Å². The molecule has 1 saturated heterocycles. The number of thiazole rings is 1. The third-order valence-electron chi connectivity index (χ3n) is 4.61. The topological polar surface area (TPSA) is 71.5 Å². The van der Waals surface area contributed by atoms with Gasteiger partial charge in [-0.3, -0.25) is 14.5 Å². The average Bonchev–Trinajstić information content (AvgIpc) is 3.34. The summed E-state index contributed by atoms with van der Waals surface area (Å²) in [5.41, 5.74) is 2.03. The van der Waals surface area contributed by atoms with Crippen molar-refractivity contribution in [2.45, 2.75) is 6.42 Å². The van der Waals surface area contributed by atoms with Gasteiger partial charge in [-0.05, 0) is 29.3 Å². The minimum atomic E-state index is -0.340. The fourth-order valence-corrected chi connectivity index (χ4v) is 5.15. The van der Waals surface area contributed by atoms with Crippen LogP contribution >= 0.6 is 35.3 Å². The Labute approximate surface area is 199 Å². The number of hydrogen-bond donors (Lipinski definition) is 1. The van der Waals surface area contributed by atoms with Gasteiger partial charge in [-0.1, -0.05) is 66.4 Å². The fraction of sp³-hybridized carbons (Fsp3) is 0.130. The van der Waals surface area contributed by atoms with Crippen molar-refractivity contribution in [3.63, 3.8) is 0 Å². The summed E-state index contributed by atoms with van der Waals surface area (Å²) in [5.74, 6) is 0.114. The van der Waals surface area contributed by atoms with Crippen molar-refractivity contribution in [1.29, 1.82) is 0 Å². The Morgan fingerprint density at radius 2 is 1.94 bits per heavy atom. The van der Waals surface area contributed by atoms with Crippen LogP contribution < -0.4 is 10.1 Å². The van der Waals surface area contributed by atoms with E-state index in [1.807, 2.05) is 54.6 Å². The minimum absolute atomic E-state index is 0.155. The maximum atomic E-state index is 12.8. The van der Waals surface area contributed by atoms with Crippen LogP contribution in [0.5, 0.6) is 5.75 Å². The number of amides is 2. The summed E-state index contributed by atoms with van der Waals surface area (Å²) in [7, 11) is 1.60. The molecule has 0 unspecified atom stereocenters. The molecule has 0 saturated carbocycles. The van der Waals surface area contributed by atoms with Crippen molar-refractivity contribution in [2.24, 2.45) is 0 Å². The van der Waals surface area contributed by atoms with Crippen molar-refractivity contribution >= 4 is 62.7 Å². The SMILES string of the molecule is COc1ccc(C=C2SC(=S)N(CC(=O)Nc3ncc(Cc4ccccc4)s3)C2=O)cc1. The molecule has 1 aromatic heterocycles. The zero-order valence-electron chi connectivity index (χ0n) is 17.1. The number of nitrogens with one attached hydrogen (secondary N) is 1. The third-order valence-corrected chi connectivity index (χ3v) is 6.90. The summed E-state index contributed by atoms with van der Waals surface area (Å²) in [5, 5.41) is 3.27. The molecule has 0 aliphatic carbocycles. The Balaban J connectivity index is 1.36. The number of hydrogen-bond acceptors (Lipinski definition) is 7. The van der Waals surface area contributed by atoms with Crippen LogP contribution in [-0.2, 0) is 16.0 Å². The van der Waals surface area contributed by atoms with Gasteiger partial charge in [0.15, 0.2) is 5.13 Å². The molecule has 2 amide bonds. The second-order valence-corrected chi connectivity index (χ2v) is 9.67. The number of methoxy groups -OCH3 is 1. The summed E-state index contributed by atoms with van der Waals surface area (Å²) in [6.07, 6.45) is 4.26. The number of rotatable bonds is 7. The Morgan fingerprint density at radius 1 is 1.19 bits per heavy atom. The molecule has 9 heteroatoms. The lowest BCUT2D eigenvalue weighted by molar-refractivity contribution is -0.126. The number of carbonyl (C=O) groups is 2. The number of thiocarbonyl (C=S) groups is 1. The van der Waals surface area contributed by atoms with E-state index in [-0.39, 0.29) is 18.4 Å². The van der Waals surface area contributed by atoms with Gasteiger partial charge in [-0.2, -0.15) is 0 Å². The van der Waals surface area contributed by atoms with Gasteiger partial charge in [0.05, 0.1) is 12.0 Å². The second-order valence-electron chi connectivity index (χ2n) is 6.88. The highest BCUT2D eigenvalue weighted by molar-refractivity contribution is 8.26. The zero-order chi connectivity index (χ0) is 22.5. The lowest BCUT2D eigenvalue weighted by atomic mass is 10.1. The largest absolute Gasteiger partial charge is 0.497 e. The van der Waals surface area contributed by atoms with Crippen LogP contribution in [0.3, 0.4) is 0 Å². The molecule has 4 rings (SSSR count). The van der Waals surface area contributed by atoms with Gasteiger partial charge >= 0.3 is 0 Å². The van der Waals surface area contributed by atoms with Gasteiger partial charge in [-0.25, -0.2) is 4.98 Å². The number of anilines is 1. The number of thioether (sulfide) groups is 1. The van der Waals surface area contributed by atoms with Crippen molar-refractivity contribution in [3.8, 4) is 5.75 Å². The molecule has 1 aliphatic heterocycles. The lowest BCUT2D eigenvalue weighted by Gasteiger charge is -2.13. The molecule has 0 spiro atoms. The van der Waals surface area contributed by atoms with E-state index >= 15 is 0 Å². The predicted molar refractivity (Wildman–Crippen MR) is 133 cm³/mol. The van der Waals surface area contributed by atoms with Gasteiger partial charge in [0, 0.05) is 17.5 Å². The summed E-state index contributed by atoms with van der Waals surface area (Å²) >= 11 is 7.92. The summed E-state index contributed by atoms with van der Waals surface area (Å²) < 4.78 is 5.50. The van der Waals surface area contributed by atoms with E-state index in [1.54, 1.807) is 19.4 Å². The summed E-state index contributed by atoms with van der Waals surface area (Å²) in [6.45, 7) is -0.155. The van der Waals surface area contributed by atoms with E-state index in [2.05, 4.69) is 10.3 Å². The first-order valence-corrected chi connectivity index (χ1v) is 11.7. The molecule has 1 fully saturated rings. The number of carbonyl (C=O) groups excluding carboxylic acids is 2. The quantitative estimate of drug-likeness (QED) is 0.393. The third kappa shape index (κ3) is 5.42. The Hall–Kier alpha value is -3.01. The van der Waals surface area contributed by atoms with E-state index in [4.69, 9.17) is 17.0 Å². The van der Waals surface area contributed by atoms with Gasteiger partial charge < -0.3 is 10.1 Å². The van der Waals surface area contributed by atoms with Gasteiger partial charge in [0.2, 0.25) is 5.91 Å². The molecule has 0 atom stereocenters. The molecular formula is C23H19N3O3S3. The monoisotopic (exact) mass is 481 g/mol. The molecule has 0 bridgehead atoms. The van der Waals surface area contributed by atoms with Crippen molar-refractivity contribution in [3.05, 3.63) is 81.7 Å². The standard InChI is InChI=1S/C23H19N3O3S3/c1-29-17-9-7-16(8-10-17)12-19-21(28)26(23(30)32-19)14-20(27)25-22-24-13-18(31-22)11-15-5-3-2-4-6-15/h2-10,12-13H,11,14H2,1H3,(H,24,25,27). The number of aromatic nitrogens is 1. The van der Waals surface area contributed by atoms with Crippen LogP contribution in [0.15, 0.2) is 65.7 Å². The highest BCUT2D eigenvalue weighted by Crippen LogP contribution is 2.32. The highest BCUT2D eigenvalue weighted by Gasteiger charge is 2.33. The molecule has 1 N–H and O–H groups in total. The van der Waals surface area contributed by atoms with Gasteiger partial charge in [0.1, 0.15) is 16.6 Å². The average molecular weight is 482 g/mol. The highest BCUT2D eigenvalue weighted by atomic mass is 32.2. The molecule has 2 aromatic carbocycles. The maximum Gasteiger partial charge on any atom is 0.266 e. The lowest BCUT2D eigenvalue weighted by Crippen LogP contribution is -2.36. The Morgan fingerprint density at radius 3 is 2.66 bits per heavy atom. The van der Waals surface area contributed by atoms with Crippen LogP contribution in [0.1, 0.15) is 16.0 Å². The summed E-state index contributed by atoms with van der Waals surface area (Å²) in [4.78, 5) is 32.4. The van der Waals surface area contributed by atoms with Crippen LogP contribution in [0, 0.1) is 0 Å². The number of benzene rings is 2. The van der Waals surface area contributed by atoms with Crippen LogP contribution in [0.25, 0.3) is 6.08 Å². The fourth-order valence-electron chi connectivity index (χ4n) is 3.03. The predicted octanol–water partition coefficient (Wildman–Crippen LogP) is 4.58. The first-order valence-electron chi connectivity index (χ1n) is 9.70. The number of nitrogens with zero attached hydrogens (tertiary/aromatic N) is 2. The van der Waals surface area contributed by atoms with E-state index in [1.165, 1.54) is 33.6 Å². The Kier molecular flexibility index (Phi) is 6.99. The normalized spacial score (nSPS) is 14.8. The molecule has 162 valence electrons. The van der Waals surface area contributed by atoms with E-state index in [0.717, 1.165) is 22.6 Å². The molecule has 1 aliphatic rings. The molecule has 2 heterocycles. The molecule has 0 radical (unpaired) electrons. The van der Waals surface area contributed by atoms with E-state index in [9.17, 15) is 9.59 Å². The van der Waals surface area contributed by atoms with E-state index < -0.39 is 0 Å². The molecule has 32 heavy (non-hydrogen) atoms. The second kappa shape index (κ2) is 10.1. The van der Waals surface area contributed by atoms with Crippen molar-refractivity contribution in [1.82, 2.24) is 9.88 Å². The maximum absolute atomic E-state index is 12.8. The van der Waals surface area contributed by atoms with Crippen LogP contribution in [0.4, 0.5) is 5.13 Å². The van der Waals surface area contributed by atoms with E-state index in [0.29, 0.717) is 14.4 Å². The number of ether oxygens (including phenoxy) is 1. The first-order chi connectivity index (χ1) is 15.5.